The van der Waals surface area contributed by atoms with Crippen LogP contribution in [0.4, 0.5) is 0 Å². The van der Waals surface area contributed by atoms with E-state index in [0.717, 1.165) is 54.6 Å². The van der Waals surface area contributed by atoms with Crippen molar-refractivity contribution in [2.24, 2.45) is 0 Å². The molecule has 1 atom stereocenters. The van der Waals surface area contributed by atoms with E-state index in [4.69, 9.17) is 4.74 Å². The van der Waals surface area contributed by atoms with Crippen molar-refractivity contribution in [3.63, 3.8) is 0 Å². The lowest BCUT2D eigenvalue weighted by Gasteiger charge is -2.39. The predicted molar refractivity (Wildman–Crippen MR) is 112 cm³/mol. The van der Waals surface area contributed by atoms with E-state index in [-0.39, 0.29) is 18.5 Å². The van der Waals surface area contributed by atoms with Crippen LogP contribution in [0.3, 0.4) is 0 Å². The molecule has 29 heavy (non-hydrogen) atoms. The number of piperazine rings is 1. The first kappa shape index (κ1) is 20.1. The SMILES string of the molecule is CCc1nc2sc([C@H](c3cccc(OC)c3)N3CCN(CCO)CC3)c(O)n2n1. The Balaban J connectivity index is 1.72. The van der Waals surface area contributed by atoms with Crippen LogP contribution in [0.5, 0.6) is 11.6 Å². The van der Waals surface area contributed by atoms with Crippen molar-refractivity contribution in [3.8, 4) is 11.6 Å². The number of β-amino-alcohol motifs (C(OH)–C–C–N with tert-alkyl or cyclic N) is 1. The molecule has 0 unspecified atom stereocenters. The number of aromatic hydroxyl groups is 1. The van der Waals surface area contributed by atoms with Gasteiger partial charge in [-0.15, -0.1) is 5.10 Å². The highest BCUT2D eigenvalue weighted by atomic mass is 32.1. The lowest BCUT2D eigenvalue weighted by Crippen LogP contribution is -2.48. The number of hydrogen-bond acceptors (Lipinski definition) is 8. The first-order valence-electron chi connectivity index (χ1n) is 9.93. The van der Waals surface area contributed by atoms with Gasteiger partial charge in [0.25, 0.3) is 0 Å². The van der Waals surface area contributed by atoms with Gasteiger partial charge in [-0.25, -0.2) is 4.98 Å². The Bertz CT molecular complexity index is 964. The molecule has 9 heteroatoms. The number of benzene rings is 1. The van der Waals surface area contributed by atoms with Crippen molar-refractivity contribution in [1.29, 1.82) is 0 Å². The second-order valence-electron chi connectivity index (χ2n) is 7.15. The Morgan fingerprint density at radius 1 is 1.24 bits per heavy atom. The van der Waals surface area contributed by atoms with Crippen LogP contribution in [-0.4, -0.2) is 81.1 Å². The van der Waals surface area contributed by atoms with E-state index in [1.165, 1.54) is 11.3 Å². The summed E-state index contributed by atoms with van der Waals surface area (Å²) in [5, 5.41) is 24.6. The number of ether oxygens (including phenoxy) is 1. The van der Waals surface area contributed by atoms with E-state index in [0.29, 0.717) is 11.5 Å². The van der Waals surface area contributed by atoms with Gasteiger partial charge >= 0.3 is 0 Å². The molecular weight excluding hydrogens is 390 g/mol. The average Bonchev–Trinajstić information content (AvgIpc) is 3.29. The fourth-order valence-corrected chi connectivity index (χ4v) is 4.98. The summed E-state index contributed by atoms with van der Waals surface area (Å²) in [6, 6.07) is 7.89. The van der Waals surface area contributed by atoms with Crippen molar-refractivity contribution in [2.45, 2.75) is 19.4 Å². The molecule has 3 aromatic rings. The van der Waals surface area contributed by atoms with E-state index in [9.17, 15) is 10.2 Å². The number of aliphatic hydroxyl groups is 1. The van der Waals surface area contributed by atoms with Crippen molar-refractivity contribution < 1.29 is 14.9 Å². The van der Waals surface area contributed by atoms with Gasteiger partial charge in [-0.3, -0.25) is 9.80 Å². The largest absolute Gasteiger partial charge is 0.497 e. The number of thiazole rings is 1. The molecule has 2 aromatic heterocycles. The summed E-state index contributed by atoms with van der Waals surface area (Å²) in [7, 11) is 1.66. The maximum absolute atomic E-state index is 11.0. The van der Waals surface area contributed by atoms with E-state index in [1.807, 2.05) is 25.1 Å². The molecule has 1 fully saturated rings. The Labute approximate surface area is 174 Å². The van der Waals surface area contributed by atoms with E-state index < -0.39 is 0 Å². The van der Waals surface area contributed by atoms with Crippen LogP contribution >= 0.6 is 11.3 Å². The second-order valence-corrected chi connectivity index (χ2v) is 8.16. The summed E-state index contributed by atoms with van der Waals surface area (Å²) in [5.74, 6) is 1.68. The number of aryl methyl sites for hydroxylation is 1. The minimum absolute atomic E-state index is 0.111. The fourth-order valence-electron chi connectivity index (χ4n) is 3.84. The van der Waals surface area contributed by atoms with Crippen molar-refractivity contribution >= 4 is 16.3 Å². The Kier molecular flexibility index (Phi) is 6.00. The molecule has 4 rings (SSSR count). The predicted octanol–water partition coefficient (Wildman–Crippen LogP) is 1.77. The van der Waals surface area contributed by atoms with E-state index in [2.05, 4.69) is 25.9 Å². The summed E-state index contributed by atoms with van der Waals surface area (Å²) in [6.45, 7) is 6.31. The van der Waals surface area contributed by atoms with Gasteiger partial charge < -0.3 is 14.9 Å². The Morgan fingerprint density at radius 3 is 2.69 bits per heavy atom. The third kappa shape index (κ3) is 3.95. The fraction of sp³-hybridized carbons (Fsp3) is 0.500. The first-order valence-corrected chi connectivity index (χ1v) is 10.7. The van der Waals surface area contributed by atoms with Gasteiger partial charge in [0.05, 0.1) is 24.6 Å². The van der Waals surface area contributed by atoms with Gasteiger partial charge in [-0.05, 0) is 17.7 Å². The molecule has 156 valence electrons. The number of rotatable bonds is 7. The zero-order chi connectivity index (χ0) is 20.4. The van der Waals surface area contributed by atoms with Crippen LogP contribution in [0.2, 0.25) is 0 Å². The number of nitrogens with zero attached hydrogens (tertiary/aromatic N) is 5. The van der Waals surface area contributed by atoms with E-state index in [1.54, 1.807) is 11.6 Å². The monoisotopic (exact) mass is 417 g/mol. The summed E-state index contributed by atoms with van der Waals surface area (Å²) in [6.07, 6.45) is 0.731. The highest BCUT2D eigenvalue weighted by Gasteiger charge is 2.31. The molecule has 3 heterocycles. The third-order valence-corrected chi connectivity index (χ3v) is 6.48. The van der Waals surface area contributed by atoms with Gasteiger partial charge in [0.2, 0.25) is 10.8 Å². The standard InChI is InChI=1S/C20H27N5O3S/c1-3-16-21-20-25(22-16)19(27)18(29-20)17(14-5-4-6-15(13-14)28-2)24-9-7-23(8-10-24)11-12-26/h4-6,13,17,26-27H,3,7-12H2,1-2H3/t17-/m0/s1. The summed E-state index contributed by atoms with van der Waals surface area (Å²) in [5.41, 5.74) is 1.07. The van der Waals surface area contributed by atoms with Crippen LogP contribution in [0.15, 0.2) is 24.3 Å². The van der Waals surface area contributed by atoms with Gasteiger partial charge in [-0.1, -0.05) is 30.4 Å². The third-order valence-electron chi connectivity index (χ3n) is 5.41. The molecule has 0 aliphatic carbocycles. The van der Waals surface area contributed by atoms with E-state index >= 15 is 0 Å². The molecule has 0 bridgehead atoms. The number of methoxy groups -OCH3 is 1. The van der Waals surface area contributed by atoms with Crippen LogP contribution in [-0.2, 0) is 6.42 Å². The molecule has 0 saturated carbocycles. The van der Waals surface area contributed by atoms with Crippen LogP contribution in [0.25, 0.3) is 4.96 Å². The summed E-state index contributed by atoms with van der Waals surface area (Å²) >= 11 is 1.48. The number of aliphatic hydroxyl groups excluding tert-OH is 1. The second kappa shape index (κ2) is 8.66. The van der Waals surface area contributed by atoms with Gasteiger partial charge in [0.1, 0.15) is 5.75 Å². The molecule has 8 nitrogen and oxygen atoms in total. The summed E-state index contributed by atoms with van der Waals surface area (Å²) in [4.78, 5) is 10.7. The highest BCUT2D eigenvalue weighted by molar-refractivity contribution is 7.17. The Hall–Kier alpha value is -2.20. The van der Waals surface area contributed by atoms with Crippen LogP contribution in [0.1, 0.15) is 29.2 Å². The average molecular weight is 418 g/mol. The molecule has 0 spiro atoms. The molecule has 0 amide bonds. The van der Waals surface area contributed by atoms with Crippen molar-refractivity contribution in [3.05, 3.63) is 40.5 Å². The van der Waals surface area contributed by atoms with Crippen LogP contribution in [0, 0.1) is 0 Å². The minimum Gasteiger partial charge on any atom is -0.497 e. The van der Waals surface area contributed by atoms with Gasteiger partial charge in [0.15, 0.2) is 5.82 Å². The molecule has 0 radical (unpaired) electrons. The molecule has 2 N–H and O–H groups in total. The summed E-state index contributed by atoms with van der Waals surface area (Å²) < 4.78 is 6.99. The molecular formula is C20H27N5O3S. The molecule has 1 aliphatic heterocycles. The lowest BCUT2D eigenvalue weighted by atomic mass is 10.0. The van der Waals surface area contributed by atoms with Crippen molar-refractivity contribution in [1.82, 2.24) is 24.4 Å². The van der Waals surface area contributed by atoms with Crippen molar-refractivity contribution in [2.75, 3.05) is 46.4 Å². The quantitative estimate of drug-likeness (QED) is 0.606. The first-order chi connectivity index (χ1) is 14.1. The zero-order valence-electron chi connectivity index (χ0n) is 16.8. The maximum atomic E-state index is 11.0. The zero-order valence-corrected chi connectivity index (χ0v) is 17.6. The van der Waals surface area contributed by atoms with Gasteiger partial charge in [-0.2, -0.15) is 4.52 Å². The lowest BCUT2D eigenvalue weighted by molar-refractivity contribution is 0.0945. The van der Waals surface area contributed by atoms with Crippen LogP contribution < -0.4 is 4.74 Å². The maximum Gasteiger partial charge on any atom is 0.230 e. The minimum atomic E-state index is -0.111. The topological polar surface area (TPSA) is 86.4 Å². The molecule has 1 saturated heterocycles. The van der Waals surface area contributed by atoms with Gasteiger partial charge in [0, 0.05) is 39.1 Å². The number of aromatic nitrogens is 3. The molecule has 1 aliphatic rings. The number of hydrogen-bond donors (Lipinski definition) is 2. The number of fused-ring (bicyclic) bond motifs is 1. The normalized spacial score (nSPS) is 17.1. The highest BCUT2D eigenvalue weighted by Crippen LogP contribution is 2.40. The smallest absolute Gasteiger partial charge is 0.230 e. The molecule has 1 aromatic carbocycles. The Morgan fingerprint density at radius 2 is 2.03 bits per heavy atom.